The summed E-state index contributed by atoms with van der Waals surface area (Å²) >= 11 is 1.79. The van der Waals surface area contributed by atoms with E-state index in [4.69, 9.17) is 19.4 Å². The number of nitrogens with zero attached hydrogens (tertiary/aromatic N) is 3. The Kier molecular flexibility index (Phi) is 6.01. The van der Waals surface area contributed by atoms with Gasteiger partial charge >= 0.3 is 0 Å². The average Bonchev–Trinajstić information content (AvgIpc) is 3.72. The van der Waals surface area contributed by atoms with Crippen molar-refractivity contribution in [3.8, 4) is 45.3 Å². The molecule has 0 saturated carbocycles. The molecule has 0 atom stereocenters. The largest absolute Gasteiger partial charge is 0.456 e. The summed E-state index contributed by atoms with van der Waals surface area (Å²) in [6, 6.07) is 52.9. The zero-order chi connectivity index (χ0) is 31.6. The van der Waals surface area contributed by atoms with Crippen LogP contribution in [0.4, 0.5) is 0 Å². The number of hydrogen-bond acceptors (Lipinski definition) is 5. The highest BCUT2D eigenvalue weighted by molar-refractivity contribution is 7.25. The van der Waals surface area contributed by atoms with Crippen LogP contribution >= 0.6 is 11.3 Å². The second-order valence-electron chi connectivity index (χ2n) is 12.1. The fourth-order valence-electron chi connectivity index (χ4n) is 6.69. The van der Waals surface area contributed by atoms with Crippen molar-refractivity contribution < 1.29 is 4.42 Å². The minimum atomic E-state index is 0.623. The highest BCUT2D eigenvalue weighted by Gasteiger charge is 2.16. The highest BCUT2D eigenvalue weighted by atomic mass is 32.1. The van der Waals surface area contributed by atoms with Crippen molar-refractivity contribution in [1.82, 2.24) is 15.0 Å². The fraction of sp³-hybridized carbons (Fsp3) is 0. The van der Waals surface area contributed by atoms with E-state index in [1.165, 1.54) is 36.7 Å². The van der Waals surface area contributed by atoms with Gasteiger partial charge in [-0.15, -0.1) is 11.3 Å². The van der Waals surface area contributed by atoms with Crippen LogP contribution in [0.25, 0.3) is 98.2 Å². The Morgan fingerprint density at radius 3 is 1.73 bits per heavy atom. The SMILES string of the molecule is c1ccc(-c2ccc3cc(-c4nc(-c5ccc6c(c5)sc5ccccc56)nc(-c5ccc6oc7ccccc7c6c5)n4)ccc3c2)cc1. The maximum atomic E-state index is 6.12. The van der Waals surface area contributed by atoms with E-state index in [-0.39, 0.29) is 0 Å². The smallest absolute Gasteiger partial charge is 0.164 e. The third-order valence-electron chi connectivity index (χ3n) is 9.11. The molecule has 224 valence electrons. The van der Waals surface area contributed by atoms with Gasteiger partial charge in [-0.2, -0.15) is 0 Å². The first-order valence-corrected chi connectivity index (χ1v) is 16.7. The van der Waals surface area contributed by atoms with Crippen molar-refractivity contribution in [1.29, 1.82) is 0 Å². The lowest BCUT2D eigenvalue weighted by molar-refractivity contribution is 0.669. The summed E-state index contributed by atoms with van der Waals surface area (Å²) < 4.78 is 8.60. The number of aromatic nitrogens is 3. The van der Waals surface area contributed by atoms with Crippen LogP contribution in [-0.2, 0) is 0 Å². The van der Waals surface area contributed by atoms with Gasteiger partial charge in [0.25, 0.3) is 0 Å². The van der Waals surface area contributed by atoms with Crippen LogP contribution in [0.2, 0.25) is 0 Å². The molecule has 4 nitrogen and oxygen atoms in total. The van der Waals surface area contributed by atoms with E-state index in [0.29, 0.717) is 17.5 Å². The van der Waals surface area contributed by atoms with Crippen molar-refractivity contribution in [2.45, 2.75) is 0 Å². The van der Waals surface area contributed by atoms with Crippen LogP contribution in [-0.4, -0.2) is 15.0 Å². The summed E-state index contributed by atoms with van der Waals surface area (Å²) in [6.07, 6.45) is 0. The lowest BCUT2D eigenvalue weighted by Crippen LogP contribution is -2.00. The molecule has 10 rings (SSSR count). The number of hydrogen-bond donors (Lipinski definition) is 0. The van der Waals surface area contributed by atoms with Gasteiger partial charge in [0.15, 0.2) is 17.5 Å². The number of fused-ring (bicyclic) bond motifs is 7. The number of benzene rings is 7. The molecule has 0 aliphatic carbocycles. The monoisotopic (exact) mass is 631 g/mol. The van der Waals surface area contributed by atoms with Gasteiger partial charge in [-0.3, -0.25) is 0 Å². The van der Waals surface area contributed by atoms with E-state index in [1.807, 2.05) is 36.4 Å². The van der Waals surface area contributed by atoms with Crippen LogP contribution < -0.4 is 0 Å². The van der Waals surface area contributed by atoms with Crippen LogP contribution in [0.1, 0.15) is 0 Å². The molecule has 0 saturated heterocycles. The van der Waals surface area contributed by atoms with Gasteiger partial charge in [0.1, 0.15) is 11.2 Å². The molecule has 0 radical (unpaired) electrons. The molecular formula is C43H25N3OS. The molecule has 0 N–H and O–H groups in total. The molecule has 0 bridgehead atoms. The second-order valence-corrected chi connectivity index (χ2v) is 13.2. The molecule has 7 aromatic carbocycles. The van der Waals surface area contributed by atoms with Crippen LogP contribution in [0.5, 0.6) is 0 Å². The van der Waals surface area contributed by atoms with Crippen LogP contribution in [0, 0.1) is 0 Å². The zero-order valence-corrected chi connectivity index (χ0v) is 26.4. The number of thiophene rings is 1. The van der Waals surface area contributed by atoms with Crippen molar-refractivity contribution in [3.05, 3.63) is 152 Å². The zero-order valence-electron chi connectivity index (χ0n) is 25.6. The summed E-state index contributed by atoms with van der Waals surface area (Å²) in [5, 5.41) is 6.93. The van der Waals surface area contributed by atoms with E-state index in [2.05, 4.69) is 115 Å². The Balaban J connectivity index is 1.14. The van der Waals surface area contributed by atoms with Crippen molar-refractivity contribution >= 4 is 64.2 Å². The lowest BCUT2D eigenvalue weighted by atomic mass is 10.00. The summed E-state index contributed by atoms with van der Waals surface area (Å²) in [7, 11) is 0. The molecule has 10 aromatic rings. The van der Waals surface area contributed by atoms with Gasteiger partial charge in [-0.25, -0.2) is 15.0 Å². The summed E-state index contributed by atoms with van der Waals surface area (Å²) in [4.78, 5) is 15.3. The molecule has 0 amide bonds. The van der Waals surface area contributed by atoms with E-state index < -0.39 is 0 Å². The molecule has 0 unspecified atom stereocenters. The Morgan fingerprint density at radius 2 is 0.917 bits per heavy atom. The Bertz CT molecular complexity index is 2850. The second kappa shape index (κ2) is 10.7. The Labute approximate surface area is 279 Å². The summed E-state index contributed by atoms with van der Waals surface area (Å²) in [6.45, 7) is 0. The van der Waals surface area contributed by atoms with Crippen molar-refractivity contribution in [2.75, 3.05) is 0 Å². The van der Waals surface area contributed by atoms with E-state index in [9.17, 15) is 0 Å². The third kappa shape index (κ3) is 4.48. The number of rotatable bonds is 4. The summed E-state index contributed by atoms with van der Waals surface area (Å²) in [5.74, 6) is 1.90. The Hall–Kier alpha value is -6.17. The van der Waals surface area contributed by atoms with E-state index >= 15 is 0 Å². The normalized spacial score (nSPS) is 11.8. The molecule has 48 heavy (non-hydrogen) atoms. The quantitative estimate of drug-likeness (QED) is 0.194. The number of furan rings is 1. The summed E-state index contributed by atoms with van der Waals surface area (Å²) in [5.41, 5.74) is 6.92. The minimum Gasteiger partial charge on any atom is -0.456 e. The van der Waals surface area contributed by atoms with Crippen LogP contribution in [0.3, 0.4) is 0 Å². The molecule has 3 aromatic heterocycles. The van der Waals surface area contributed by atoms with Gasteiger partial charge in [-0.05, 0) is 70.4 Å². The molecule has 0 spiro atoms. The number of para-hydroxylation sites is 1. The topological polar surface area (TPSA) is 51.8 Å². The predicted molar refractivity (Wildman–Crippen MR) is 199 cm³/mol. The van der Waals surface area contributed by atoms with Gasteiger partial charge in [0, 0.05) is 47.6 Å². The molecule has 5 heteroatoms. The first-order valence-electron chi connectivity index (χ1n) is 15.9. The molecule has 0 aliphatic rings. The highest BCUT2D eigenvalue weighted by Crippen LogP contribution is 2.37. The first kappa shape index (κ1) is 27.0. The van der Waals surface area contributed by atoms with Crippen LogP contribution in [0.15, 0.2) is 156 Å². The Morgan fingerprint density at radius 1 is 0.354 bits per heavy atom. The van der Waals surface area contributed by atoms with Crippen molar-refractivity contribution in [3.63, 3.8) is 0 Å². The molecule has 0 fully saturated rings. The van der Waals surface area contributed by atoms with E-state index in [0.717, 1.165) is 44.0 Å². The predicted octanol–water partition coefficient (Wildman–Crippen LogP) is 12.0. The third-order valence-corrected chi connectivity index (χ3v) is 10.2. The molecular weight excluding hydrogens is 607 g/mol. The fourth-order valence-corrected chi connectivity index (χ4v) is 7.83. The standard InChI is InChI=1S/C43H25N3OS/c1-2-8-26(9-3-1)27-14-15-29-23-30(17-16-28(29)22-27)41-44-42(31-19-21-38-36(24-31)33-10-4-6-12-37(33)47-38)46-43(45-41)32-18-20-35-34-11-5-7-13-39(34)48-40(35)25-32/h1-25H. The van der Waals surface area contributed by atoms with E-state index in [1.54, 1.807) is 11.3 Å². The van der Waals surface area contributed by atoms with Gasteiger partial charge in [-0.1, -0.05) is 103 Å². The maximum absolute atomic E-state index is 6.12. The van der Waals surface area contributed by atoms with Crippen molar-refractivity contribution in [2.24, 2.45) is 0 Å². The molecule has 0 aliphatic heterocycles. The van der Waals surface area contributed by atoms with Gasteiger partial charge in [0.05, 0.1) is 0 Å². The average molecular weight is 632 g/mol. The minimum absolute atomic E-state index is 0.623. The maximum Gasteiger partial charge on any atom is 0.164 e. The first-order chi connectivity index (χ1) is 23.7. The van der Waals surface area contributed by atoms with Gasteiger partial charge < -0.3 is 4.42 Å². The van der Waals surface area contributed by atoms with Gasteiger partial charge in [0.2, 0.25) is 0 Å². The lowest BCUT2D eigenvalue weighted by Gasteiger charge is -2.10. The molecule has 3 heterocycles.